The first kappa shape index (κ1) is 37.9. The number of imidazole rings is 1. The van der Waals surface area contributed by atoms with Crippen LogP contribution in [0.1, 0.15) is 28.6 Å². The van der Waals surface area contributed by atoms with Crippen molar-refractivity contribution in [3.8, 4) is 0 Å². The van der Waals surface area contributed by atoms with Crippen molar-refractivity contribution in [2.24, 2.45) is 0 Å². The molecular formula is C27H20F9N5O7S2. The number of aromatic amines is 1. The van der Waals surface area contributed by atoms with Gasteiger partial charge in [-0.1, -0.05) is 12.1 Å². The maximum atomic E-state index is 13.2. The van der Waals surface area contributed by atoms with Gasteiger partial charge in [0.15, 0.2) is 0 Å². The van der Waals surface area contributed by atoms with Gasteiger partial charge in [-0.3, -0.25) is 4.79 Å². The molecule has 4 N–H and O–H groups in total. The van der Waals surface area contributed by atoms with E-state index < -0.39 is 79.2 Å². The minimum atomic E-state index is -5.08. The first-order valence-corrected chi connectivity index (χ1v) is 16.3. The van der Waals surface area contributed by atoms with E-state index >= 15 is 0 Å². The molecule has 5 rings (SSSR count). The number of anilines is 1. The number of H-pyrrole nitrogens is 1. The number of amides is 1. The predicted molar refractivity (Wildman–Crippen MR) is 154 cm³/mol. The number of aromatic nitrogens is 2. The zero-order valence-corrected chi connectivity index (χ0v) is 26.0. The number of carboxylic acids is 1. The number of carbonyl (C=O) groups is 2. The summed E-state index contributed by atoms with van der Waals surface area (Å²) in [4.78, 5) is 26.9. The Morgan fingerprint density at radius 3 is 1.92 bits per heavy atom. The molecule has 1 aromatic heterocycles. The smallest absolute Gasteiger partial charge is 0.475 e. The second-order valence-electron chi connectivity index (χ2n) is 10.3. The second-order valence-corrected chi connectivity index (χ2v) is 13.6. The molecule has 1 atom stereocenters. The zero-order chi connectivity index (χ0) is 37.4. The van der Waals surface area contributed by atoms with Gasteiger partial charge in [0.2, 0.25) is 10.0 Å². The van der Waals surface area contributed by atoms with E-state index in [2.05, 4.69) is 14.7 Å². The molecule has 270 valence electrons. The molecule has 0 unspecified atom stereocenters. The van der Waals surface area contributed by atoms with Crippen molar-refractivity contribution < 1.29 is 71.0 Å². The number of carbonyl (C=O) groups excluding carboxylic acids is 1. The highest BCUT2D eigenvalue weighted by Gasteiger charge is 2.38. The molecule has 2 heterocycles. The average molecular weight is 762 g/mol. The molecule has 0 radical (unpaired) electrons. The van der Waals surface area contributed by atoms with Gasteiger partial charge in [-0.05, 0) is 66.6 Å². The number of rotatable bonds is 7. The monoisotopic (exact) mass is 761 g/mol. The maximum Gasteiger partial charge on any atom is 0.490 e. The number of halogens is 9. The van der Waals surface area contributed by atoms with Crippen LogP contribution < -0.4 is 13.7 Å². The van der Waals surface area contributed by atoms with Crippen molar-refractivity contribution in [1.82, 2.24) is 19.4 Å². The van der Waals surface area contributed by atoms with Crippen LogP contribution >= 0.6 is 0 Å². The summed E-state index contributed by atoms with van der Waals surface area (Å²) in [6, 6.07) is 9.75. The summed E-state index contributed by atoms with van der Waals surface area (Å²) >= 11 is 0. The normalized spacial score (nSPS) is 15.7. The van der Waals surface area contributed by atoms with Crippen LogP contribution in [0.2, 0.25) is 0 Å². The molecule has 0 bridgehead atoms. The van der Waals surface area contributed by atoms with Crippen molar-refractivity contribution in [1.29, 1.82) is 0 Å². The third-order valence-corrected chi connectivity index (χ3v) is 9.57. The fourth-order valence-electron chi connectivity index (χ4n) is 4.35. The molecule has 0 saturated carbocycles. The molecule has 50 heavy (non-hydrogen) atoms. The van der Waals surface area contributed by atoms with E-state index in [9.17, 15) is 61.1 Å². The van der Waals surface area contributed by atoms with Gasteiger partial charge in [0.1, 0.15) is 12.4 Å². The highest BCUT2D eigenvalue weighted by atomic mass is 32.2. The van der Waals surface area contributed by atoms with Crippen molar-refractivity contribution in [3.05, 3.63) is 89.2 Å². The van der Waals surface area contributed by atoms with Crippen molar-refractivity contribution in [2.75, 3.05) is 10.8 Å². The summed E-state index contributed by atoms with van der Waals surface area (Å²) in [6.45, 7) is -0.448. The molecule has 1 aliphatic rings. The molecular weight excluding hydrogens is 741 g/mol. The lowest BCUT2D eigenvalue weighted by atomic mass is 10.1. The van der Waals surface area contributed by atoms with Crippen molar-refractivity contribution in [3.63, 3.8) is 0 Å². The van der Waals surface area contributed by atoms with Crippen LogP contribution in [0.15, 0.2) is 71.6 Å². The Morgan fingerprint density at radius 2 is 1.44 bits per heavy atom. The molecule has 4 aromatic rings. The van der Waals surface area contributed by atoms with E-state index in [1.165, 1.54) is 24.3 Å². The fraction of sp³-hybridized carbons (Fsp3) is 0.222. The van der Waals surface area contributed by atoms with Crippen LogP contribution in [0.3, 0.4) is 0 Å². The molecule has 1 fully saturated rings. The number of sulfonamides is 1. The molecule has 12 nitrogen and oxygen atoms in total. The number of nitrogens with one attached hydrogen (secondary N) is 3. The maximum absolute atomic E-state index is 13.2. The number of hydrogen-bond donors (Lipinski definition) is 4. The lowest BCUT2D eigenvalue weighted by Crippen LogP contribution is -2.31. The molecule has 1 amide bonds. The number of fused-ring (bicyclic) bond motifs is 1. The van der Waals surface area contributed by atoms with Crippen LogP contribution in [0.4, 0.5) is 45.2 Å². The van der Waals surface area contributed by atoms with Gasteiger partial charge in [-0.25, -0.2) is 31.9 Å². The molecule has 23 heteroatoms. The first-order valence-electron chi connectivity index (χ1n) is 13.4. The Labute approximate surface area is 275 Å². The third-order valence-electron chi connectivity index (χ3n) is 6.67. The van der Waals surface area contributed by atoms with Gasteiger partial charge < -0.3 is 10.1 Å². The van der Waals surface area contributed by atoms with Gasteiger partial charge >= 0.3 is 34.7 Å². The number of benzene rings is 3. The number of aliphatic carboxylic acids is 1. The minimum Gasteiger partial charge on any atom is -0.475 e. The van der Waals surface area contributed by atoms with Gasteiger partial charge in [0.05, 0.1) is 38.8 Å². The molecule has 0 spiro atoms. The number of carboxylic acid groups (broad SMARTS) is 1. The second kappa shape index (κ2) is 13.4. The summed E-state index contributed by atoms with van der Waals surface area (Å²) in [5.74, 6) is -3.58. The van der Waals surface area contributed by atoms with E-state index in [1.54, 1.807) is 0 Å². The van der Waals surface area contributed by atoms with Crippen molar-refractivity contribution >= 4 is 48.8 Å². The fourth-order valence-corrected chi connectivity index (χ4v) is 6.70. The zero-order valence-electron chi connectivity index (χ0n) is 24.4. The number of alkyl halides is 9. The highest BCUT2D eigenvalue weighted by molar-refractivity contribution is 7.92. The van der Waals surface area contributed by atoms with E-state index in [0.717, 1.165) is 34.6 Å². The van der Waals surface area contributed by atoms with E-state index in [4.69, 9.17) is 9.90 Å². The van der Waals surface area contributed by atoms with Crippen LogP contribution in [-0.2, 0) is 48.6 Å². The first-order chi connectivity index (χ1) is 22.9. The van der Waals surface area contributed by atoms with Gasteiger partial charge in [0, 0.05) is 0 Å². The quantitative estimate of drug-likeness (QED) is 0.196. The van der Waals surface area contributed by atoms with E-state index in [1.807, 2.05) is 4.72 Å². The summed E-state index contributed by atoms with van der Waals surface area (Å²) < 4.78 is 166. The van der Waals surface area contributed by atoms with Gasteiger partial charge in [-0.15, -0.1) is 0 Å². The molecule has 0 aliphatic carbocycles. The van der Waals surface area contributed by atoms with E-state index in [-0.39, 0.29) is 29.0 Å². The Kier molecular flexibility index (Phi) is 10.2. The van der Waals surface area contributed by atoms with Crippen LogP contribution in [0.5, 0.6) is 0 Å². The average Bonchev–Trinajstić information content (AvgIpc) is 3.54. The summed E-state index contributed by atoms with van der Waals surface area (Å²) in [6.07, 6.45) is -14.6. The van der Waals surface area contributed by atoms with Crippen LogP contribution in [0, 0.1) is 0 Å². The summed E-state index contributed by atoms with van der Waals surface area (Å²) in [5, 5.41) is 7.12. The summed E-state index contributed by atoms with van der Waals surface area (Å²) in [7, 11) is -8.58. The minimum absolute atomic E-state index is 0.0460. The van der Waals surface area contributed by atoms with Gasteiger partial charge in [0.25, 0.3) is 5.91 Å². The topological polar surface area (TPSA) is 179 Å². The lowest BCUT2D eigenvalue weighted by molar-refractivity contribution is -0.192. The SMILES string of the molecule is O=C(O)C(F)(F)F.O=C1CN(c2ccc(C[C@H](NS(=O)(=O)c3ccc(C(F)(F)F)cc3)c3nc4ccc(C(F)(F)F)cc4[nH]3)cc2)S(=O)(=O)N1. The Hall–Kier alpha value is -4.90. The Bertz CT molecular complexity index is 2120. The number of hydrogen-bond acceptors (Lipinski definition) is 7. The summed E-state index contributed by atoms with van der Waals surface area (Å²) in [5.41, 5.74) is -1.46. The third kappa shape index (κ3) is 9.01. The lowest BCUT2D eigenvalue weighted by Gasteiger charge is -2.19. The van der Waals surface area contributed by atoms with Crippen molar-refractivity contribution in [2.45, 2.75) is 35.9 Å². The van der Waals surface area contributed by atoms with Gasteiger partial charge in [-0.2, -0.15) is 47.9 Å². The van der Waals surface area contributed by atoms with Crippen LogP contribution in [-0.4, -0.2) is 56.5 Å². The molecule has 1 aliphatic heterocycles. The van der Waals surface area contributed by atoms with E-state index in [0.29, 0.717) is 17.7 Å². The molecule has 3 aromatic carbocycles. The Balaban J connectivity index is 0.000000727. The van der Waals surface area contributed by atoms with Crippen LogP contribution in [0.25, 0.3) is 11.0 Å². The predicted octanol–water partition coefficient (Wildman–Crippen LogP) is 4.68. The number of nitrogens with zero attached hydrogens (tertiary/aromatic N) is 2. The highest BCUT2D eigenvalue weighted by Crippen LogP contribution is 2.33. The Morgan fingerprint density at radius 1 is 0.900 bits per heavy atom. The molecule has 1 saturated heterocycles. The largest absolute Gasteiger partial charge is 0.490 e. The standard InChI is InChI=1S/C25H19F6N5O5S2.C2HF3O2/c26-24(27,28)15-3-8-18(9-4-15)42(38,39)34-21(23-32-19-10-5-16(25(29,30)31)12-20(19)33-23)11-14-1-6-17(7-2-14)36-13-22(37)35-43(36,40)41;3-2(4,5)1(6)7/h1-10,12,21,34H,11,13H2,(H,32,33)(H,35,37);(H,6,7)/t21-;/m0./s1.